The van der Waals surface area contributed by atoms with Crippen molar-refractivity contribution in [3.63, 3.8) is 0 Å². The number of halogens is 1. The van der Waals surface area contributed by atoms with Crippen molar-refractivity contribution in [2.45, 2.75) is 53.2 Å². The van der Waals surface area contributed by atoms with Crippen LogP contribution in [0.3, 0.4) is 0 Å². The number of hydrogen-bond donors (Lipinski definition) is 2. The Labute approximate surface area is 200 Å². The maximum absolute atomic E-state index is 4.79. The molecule has 1 aliphatic rings. The number of rotatable bonds is 9. The number of nitrogens with zero attached hydrogens (tertiary/aromatic N) is 5. The van der Waals surface area contributed by atoms with E-state index >= 15 is 0 Å². The second-order valence-corrected chi connectivity index (χ2v) is 8.36. The van der Waals surface area contributed by atoms with Gasteiger partial charge in [-0.05, 0) is 59.4 Å². The average molecular weight is 532 g/mol. The molecule has 1 aromatic heterocycles. The van der Waals surface area contributed by atoms with Crippen molar-refractivity contribution in [2.75, 3.05) is 57.8 Å². The monoisotopic (exact) mass is 531 g/mol. The van der Waals surface area contributed by atoms with Crippen LogP contribution < -0.4 is 15.5 Å². The highest BCUT2D eigenvalue weighted by molar-refractivity contribution is 14.0. The van der Waals surface area contributed by atoms with Gasteiger partial charge < -0.3 is 20.4 Å². The van der Waals surface area contributed by atoms with Crippen molar-refractivity contribution >= 4 is 35.8 Å². The predicted octanol–water partition coefficient (Wildman–Crippen LogP) is 2.63. The third kappa shape index (κ3) is 8.93. The molecule has 0 atom stereocenters. The summed E-state index contributed by atoms with van der Waals surface area (Å²) in [6, 6.07) is 5.33. The Morgan fingerprint density at radius 3 is 2.40 bits per heavy atom. The highest BCUT2D eigenvalue weighted by Gasteiger charge is 2.15. The molecule has 2 heterocycles. The molecular weight excluding hydrogens is 489 g/mol. The first-order valence-corrected chi connectivity index (χ1v) is 11.1. The van der Waals surface area contributed by atoms with Gasteiger partial charge in [-0.3, -0.25) is 4.90 Å². The van der Waals surface area contributed by atoms with Gasteiger partial charge >= 0.3 is 0 Å². The maximum atomic E-state index is 4.79. The lowest BCUT2D eigenvalue weighted by Crippen LogP contribution is -2.45. The van der Waals surface area contributed by atoms with Crippen molar-refractivity contribution in [2.24, 2.45) is 4.99 Å². The highest BCUT2D eigenvalue weighted by atomic mass is 127. The largest absolute Gasteiger partial charge is 0.357 e. The van der Waals surface area contributed by atoms with Gasteiger partial charge in [0.2, 0.25) is 0 Å². The molecule has 0 aromatic carbocycles. The summed E-state index contributed by atoms with van der Waals surface area (Å²) >= 11 is 0. The summed E-state index contributed by atoms with van der Waals surface area (Å²) in [6.07, 6.45) is 1.90. The van der Waals surface area contributed by atoms with Crippen LogP contribution in [0, 0.1) is 0 Å². The number of likely N-dealkylation sites (N-methyl/N-ethyl adjacent to an activating group) is 1. The van der Waals surface area contributed by atoms with Gasteiger partial charge in [-0.25, -0.2) is 9.98 Å². The summed E-state index contributed by atoms with van der Waals surface area (Å²) < 4.78 is 0. The summed E-state index contributed by atoms with van der Waals surface area (Å²) in [4.78, 5) is 16.6. The zero-order valence-corrected chi connectivity index (χ0v) is 22.0. The lowest BCUT2D eigenvalue weighted by atomic mass is 10.2. The van der Waals surface area contributed by atoms with Crippen LogP contribution in [0.5, 0.6) is 0 Å². The van der Waals surface area contributed by atoms with Crippen molar-refractivity contribution < 1.29 is 0 Å². The van der Waals surface area contributed by atoms with E-state index in [1.165, 1.54) is 5.56 Å². The van der Waals surface area contributed by atoms with E-state index in [1.807, 2.05) is 6.20 Å². The fourth-order valence-electron chi connectivity index (χ4n) is 3.70. The molecule has 0 spiro atoms. The third-order valence-electron chi connectivity index (χ3n) is 5.39. The van der Waals surface area contributed by atoms with Gasteiger partial charge in [0.15, 0.2) is 5.96 Å². The number of pyridine rings is 1. The summed E-state index contributed by atoms with van der Waals surface area (Å²) in [5, 5.41) is 6.84. The Balaban J connectivity index is 0.00000450. The number of anilines is 1. The number of guanidine groups is 1. The number of hydrogen-bond acceptors (Lipinski definition) is 5. The van der Waals surface area contributed by atoms with Crippen LogP contribution in [0.15, 0.2) is 23.3 Å². The molecular formula is C22H42IN7. The van der Waals surface area contributed by atoms with E-state index in [1.54, 1.807) is 0 Å². The molecule has 0 saturated carbocycles. The summed E-state index contributed by atoms with van der Waals surface area (Å²) in [6.45, 7) is 18.7. The van der Waals surface area contributed by atoms with Crippen LogP contribution in [-0.2, 0) is 6.54 Å². The van der Waals surface area contributed by atoms with Gasteiger partial charge in [0.05, 0.1) is 6.54 Å². The molecule has 2 rings (SSSR count). The molecule has 7 nitrogen and oxygen atoms in total. The third-order valence-corrected chi connectivity index (χ3v) is 5.39. The first-order chi connectivity index (χ1) is 13.9. The maximum Gasteiger partial charge on any atom is 0.191 e. The van der Waals surface area contributed by atoms with Crippen LogP contribution in [0.25, 0.3) is 0 Å². The average Bonchev–Trinajstić information content (AvgIpc) is 2.69. The number of aromatic nitrogens is 1. The molecule has 0 aliphatic carbocycles. The minimum Gasteiger partial charge on any atom is -0.357 e. The quantitative estimate of drug-likeness (QED) is 0.291. The molecule has 0 amide bonds. The van der Waals surface area contributed by atoms with Crippen molar-refractivity contribution in [1.29, 1.82) is 0 Å². The zero-order chi connectivity index (χ0) is 21.2. The predicted molar refractivity (Wildman–Crippen MR) is 139 cm³/mol. The Bertz CT molecular complexity index is 620. The second kappa shape index (κ2) is 14.0. The Morgan fingerprint density at radius 1 is 1.13 bits per heavy atom. The van der Waals surface area contributed by atoms with E-state index in [0.29, 0.717) is 18.6 Å². The van der Waals surface area contributed by atoms with Crippen molar-refractivity contribution in [3.8, 4) is 0 Å². The van der Waals surface area contributed by atoms with Gasteiger partial charge in [0.1, 0.15) is 5.82 Å². The SMILES string of the molecule is CCNC(=NCc1ccnc(N2CCN(C)CC2)c1)NCCN(C(C)C)C(C)C.I. The zero-order valence-electron chi connectivity index (χ0n) is 19.7. The fraction of sp³-hybridized carbons (Fsp3) is 0.727. The molecule has 1 aromatic rings. The first-order valence-electron chi connectivity index (χ1n) is 11.1. The highest BCUT2D eigenvalue weighted by Crippen LogP contribution is 2.15. The van der Waals surface area contributed by atoms with E-state index < -0.39 is 0 Å². The van der Waals surface area contributed by atoms with E-state index in [2.05, 4.69) is 84.1 Å². The van der Waals surface area contributed by atoms with Crippen LogP contribution in [0.1, 0.15) is 40.2 Å². The lowest BCUT2D eigenvalue weighted by Gasteiger charge is -2.33. The van der Waals surface area contributed by atoms with Crippen LogP contribution >= 0.6 is 24.0 Å². The molecule has 8 heteroatoms. The van der Waals surface area contributed by atoms with Crippen LogP contribution in [-0.4, -0.2) is 85.7 Å². The molecule has 172 valence electrons. The van der Waals surface area contributed by atoms with Gasteiger partial charge in [-0.2, -0.15) is 0 Å². The summed E-state index contributed by atoms with van der Waals surface area (Å²) in [5.74, 6) is 1.94. The Morgan fingerprint density at radius 2 is 1.80 bits per heavy atom. The minimum atomic E-state index is 0. The van der Waals surface area contributed by atoms with Crippen LogP contribution in [0.4, 0.5) is 5.82 Å². The smallest absolute Gasteiger partial charge is 0.191 e. The van der Waals surface area contributed by atoms with Crippen molar-refractivity contribution in [3.05, 3.63) is 23.9 Å². The normalized spacial score (nSPS) is 15.6. The summed E-state index contributed by atoms with van der Waals surface area (Å²) in [7, 11) is 2.17. The molecule has 1 saturated heterocycles. The second-order valence-electron chi connectivity index (χ2n) is 8.36. The van der Waals surface area contributed by atoms with Gasteiger partial charge in [-0.15, -0.1) is 24.0 Å². The molecule has 0 unspecified atom stereocenters. The summed E-state index contributed by atoms with van der Waals surface area (Å²) in [5.41, 5.74) is 1.19. The van der Waals surface area contributed by atoms with E-state index in [9.17, 15) is 0 Å². The topological polar surface area (TPSA) is 59.0 Å². The first kappa shape index (κ1) is 26.9. The van der Waals surface area contributed by atoms with E-state index in [-0.39, 0.29) is 24.0 Å². The molecule has 0 radical (unpaired) electrons. The Hall–Kier alpha value is -1.13. The molecule has 1 fully saturated rings. The molecule has 2 N–H and O–H groups in total. The van der Waals surface area contributed by atoms with Gasteiger partial charge in [0, 0.05) is 64.1 Å². The van der Waals surface area contributed by atoms with Gasteiger partial charge in [-0.1, -0.05) is 0 Å². The number of nitrogens with one attached hydrogen (secondary N) is 2. The molecule has 0 bridgehead atoms. The lowest BCUT2D eigenvalue weighted by molar-refractivity contribution is 0.178. The standard InChI is InChI=1S/C22H41N7.HI/c1-7-23-22(25-10-11-29(18(2)3)19(4)5)26-17-20-8-9-24-21(16-20)28-14-12-27(6)13-15-28;/h8-9,16,18-19H,7,10-15,17H2,1-6H3,(H2,23,25,26);1H. The number of aliphatic imine (C=N–C) groups is 1. The van der Waals surface area contributed by atoms with E-state index in [0.717, 1.165) is 57.6 Å². The van der Waals surface area contributed by atoms with Gasteiger partial charge in [0.25, 0.3) is 0 Å². The molecule has 1 aliphatic heterocycles. The number of piperazine rings is 1. The van der Waals surface area contributed by atoms with Crippen LogP contribution in [0.2, 0.25) is 0 Å². The van der Waals surface area contributed by atoms with E-state index in [4.69, 9.17) is 4.99 Å². The minimum absolute atomic E-state index is 0. The fourth-order valence-corrected chi connectivity index (χ4v) is 3.70. The Kier molecular flexibility index (Phi) is 12.6. The molecule has 30 heavy (non-hydrogen) atoms. The van der Waals surface area contributed by atoms with Crippen molar-refractivity contribution in [1.82, 2.24) is 25.4 Å².